The molecule has 0 aromatic carbocycles. The summed E-state index contributed by atoms with van der Waals surface area (Å²) in [4.78, 5) is 28.0. The van der Waals surface area contributed by atoms with Crippen LogP contribution in [0.1, 0.15) is 13.8 Å². The number of hydrogen-bond donors (Lipinski definition) is 0. The molecule has 0 aromatic heterocycles. The number of allylic oxidation sites excluding steroid dienone is 2. The van der Waals surface area contributed by atoms with Gasteiger partial charge in [0.1, 0.15) is 0 Å². The molecular weight excluding hydrogens is 194 g/mol. The van der Waals surface area contributed by atoms with Crippen LogP contribution in [0.5, 0.6) is 0 Å². The molecule has 1 aliphatic rings. The molecule has 1 heterocycles. The van der Waals surface area contributed by atoms with E-state index in [1.807, 2.05) is 0 Å². The van der Waals surface area contributed by atoms with Crippen LogP contribution in [0.4, 0.5) is 0 Å². The van der Waals surface area contributed by atoms with Crippen LogP contribution in [-0.4, -0.2) is 24.0 Å². The van der Waals surface area contributed by atoms with E-state index in [1.54, 1.807) is 38.2 Å². The fourth-order valence-electron chi connectivity index (χ4n) is 1.36. The minimum atomic E-state index is -0.422. The van der Waals surface area contributed by atoms with Gasteiger partial charge in [0.2, 0.25) is 0 Å². The summed E-state index contributed by atoms with van der Waals surface area (Å²) in [5.74, 6) is -0.845. The number of carbonyl (C=O) groups is 2. The molecule has 0 aliphatic carbocycles. The lowest BCUT2D eigenvalue weighted by atomic mass is 10.1. The average molecular weight is 207 g/mol. The van der Waals surface area contributed by atoms with E-state index in [9.17, 15) is 9.59 Å². The van der Waals surface area contributed by atoms with E-state index in [4.69, 9.17) is 4.84 Å². The van der Waals surface area contributed by atoms with Gasteiger partial charge in [-0.2, -0.15) is 0 Å². The summed E-state index contributed by atoms with van der Waals surface area (Å²) >= 11 is 0. The van der Waals surface area contributed by atoms with Crippen molar-refractivity contribution in [1.29, 1.82) is 0 Å². The fraction of sp³-hybridized carbons (Fsp3) is 0.273. The van der Waals surface area contributed by atoms with Gasteiger partial charge in [-0.15, -0.1) is 5.06 Å². The first-order valence-electron chi connectivity index (χ1n) is 4.60. The third-order valence-corrected chi connectivity index (χ3v) is 1.97. The highest BCUT2D eigenvalue weighted by atomic mass is 16.7. The highest BCUT2D eigenvalue weighted by molar-refractivity contribution is 6.21. The second-order valence-corrected chi connectivity index (χ2v) is 2.91. The van der Waals surface area contributed by atoms with Crippen molar-refractivity contribution >= 4 is 11.8 Å². The third-order valence-electron chi connectivity index (χ3n) is 1.97. The van der Waals surface area contributed by atoms with Gasteiger partial charge in [0.05, 0.1) is 18.3 Å². The van der Waals surface area contributed by atoms with E-state index in [0.717, 1.165) is 5.06 Å². The lowest BCUT2D eigenvalue weighted by Gasteiger charge is -2.09. The first-order valence-corrected chi connectivity index (χ1v) is 4.60. The van der Waals surface area contributed by atoms with E-state index in [0.29, 0.717) is 11.1 Å². The van der Waals surface area contributed by atoms with E-state index in [1.165, 1.54) is 7.11 Å². The Hall–Kier alpha value is -1.68. The molecule has 0 spiro atoms. The summed E-state index contributed by atoms with van der Waals surface area (Å²) in [6.07, 6.45) is 6.63. The summed E-state index contributed by atoms with van der Waals surface area (Å²) in [5.41, 5.74) is 0.727. The predicted octanol–water partition coefficient (Wildman–Crippen LogP) is 1.37. The van der Waals surface area contributed by atoms with Crippen molar-refractivity contribution in [1.82, 2.24) is 5.06 Å². The molecule has 0 fully saturated rings. The number of amides is 2. The van der Waals surface area contributed by atoms with Crippen molar-refractivity contribution in [2.45, 2.75) is 13.8 Å². The molecule has 1 aliphatic heterocycles. The van der Waals surface area contributed by atoms with Gasteiger partial charge in [0, 0.05) is 0 Å². The van der Waals surface area contributed by atoms with E-state index < -0.39 is 11.8 Å². The Bertz CT molecular complexity index is 343. The zero-order chi connectivity index (χ0) is 11.4. The highest BCUT2D eigenvalue weighted by Crippen LogP contribution is 2.22. The molecule has 0 aromatic rings. The summed E-state index contributed by atoms with van der Waals surface area (Å²) in [5, 5.41) is 0.755. The van der Waals surface area contributed by atoms with Gasteiger partial charge < -0.3 is 0 Å². The Morgan fingerprint density at radius 2 is 1.40 bits per heavy atom. The molecule has 0 saturated carbocycles. The zero-order valence-electron chi connectivity index (χ0n) is 8.98. The molecule has 0 saturated heterocycles. The quantitative estimate of drug-likeness (QED) is 0.656. The normalized spacial score (nSPS) is 17.9. The maximum Gasteiger partial charge on any atom is 0.285 e. The fourth-order valence-corrected chi connectivity index (χ4v) is 1.36. The summed E-state index contributed by atoms with van der Waals surface area (Å²) in [6.45, 7) is 3.57. The van der Waals surface area contributed by atoms with Crippen molar-refractivity contribution in [3.63, 3.8) is 0 Å². The zero-order valence-corrected chi connectivity index (χ0v) is 8.98. The summed E-state index contributed by atoms with van der Waals surface area (Å²) in [7, 11) is 1.29. The third kappa shape index (κ3) is 1.89. The van der Waals surface area contributed by atoms with Crippen molar-refractivity contribution < 1.29 is 14.4 Å². The molecule has 80 valence electrons. The van der Waals surface area contributed by atoms with Gasteiger partial charge in [-0.25, -0.2) is 0 Å². The first kappa shape index (κ1) is 11.4. The number of rotatable bonds is 3. The first-order chi connectivity index (χ1) is 7.17. The molecule has 0 N–H and O–H groups in total. The topological polar surface area (TPSA) is 46.6 Å². The lowest BCUT2D eigenvalue weighted by Crippen LogP contribution is -2.30. The minimum Gasteiger partial charge on any atom is -0.266 e. The van der Waals surface area contributed by atoms with Crippen molar-refractivity contribution in [3.8, 4) is 0 Å². The van der Waals surface area contributed by atoms with Crippen LogP contribution in [-0.2, 0) is 14.4 Å². The van der Waals surface area contributed by atoms with Gasteiger partial charge in [0.15, 0.2) is 0 Å². The van der Waals surface area contributed by atoms with Crippen molar-refractivity contribution in [3.05, 3.63) is 35.5 Å². The Kier molecular flexibility index (Phi) is 3.57. The Morgan fingerprint density at radius 3 is 1.67 bits per heavy atom. The molecule has 15 heavy (non-hydrogen) atoms. The maximum atomic E-state index is 11.7. The molecule has 4 heteroatoms. The Balaban J connectivity index is 3.22. The SMILES string of the molecule is C/C=C\C1=C(/C=C\C)C(=O)N(OC)C1=O. The lowest BCUT2D eigenvalue weighted by molar-refractivity contribution is -0.178. The molecule has 4 nitrogen and oxygen atoms in total. The van der Waals surface area contributed by atoms with Crippen LogP contribution in [0.3, 0.4) is 0 Å². The second-order valence-electron chi connectivity index (χ2n) is 2.91. The molecule has 0 atom stereocenters. The Labute approximate surface area is 88.5 Å². The predicted molar refractivity (Wildman–Crippen MR) is 55.5 cm³/mol. The Morgan fingerprint density at radius 1 is 1.00 bits per heavy atom. The minimum absolute atomic E-state index is 0.363. The second kappa shape index (κ2) is 4.70. The molecule has 2 amide bonds. The summed E-state index contributed by atoms with van der Waals surface area (Å²) in [6, 6.07) is 0. The molecular formula is C11H13NO3. The number of hydroxylamine groups is 2. The highest BCUT2D eigenvalue weighted by Gasteiger charge is 2.36. The number of nitrogens with zero attached hydrogens (tertiary/aromatic N) is 1. The standard InChI is InChI=1S/C11H13NO3/c1-4-6-8-9(7-5-2)11(14)12(15-3)10(8)13/h4-7H,1-3H3/b6-4-,7-5-. The summed E-state index contributed by atoms with van der Waals surface area (Å²) < 4.78 is 0. The van der Waals surface area contributed by atoms with Gasteiger partial charge in [-0.3, -0.25) is 14.4 Å². The van der Waals surface area contributed by atoms with Gasteiger partial charge in [0.25, 0.3) is 11.8 Å². The molecule has 0 unspecified atom stereocenters. The van der Waals surface area contributed by atoms with Gasteiger partial charge in [-0.05, 0) is 13.8 Å². The van der Waals surface area contributed by atoms with E-state index in [2.05, 4.69) is 0 Å². The van der Waals surface area contributed by atoms with E-state index >= 15 is 0 Å². The number of hydrogen-bond acceptors (Lipinski definition) is 3. The monoisotopic (exact) mass is 207 g/mol. The van der Waals surface area contributed by atoms with Crippen LogP contribution in [0, 0.1) is 0 Å². The largest absolute Gasteiger partial charge is 0.285 e. The molecule has 1 rings (SSSR count). The van der Waals surface area contributed by atoms with Gasteiger partial charge in [-0.1, -0.05) is 24.3 Å². The van der Waals surface area contributed by atoms with Crippen LogP contribution < -0.4 is 0 Å². The average Bonchev–Trinajstić information content (AvgIpc) is 2.43. The molecule has 0 radical (unpaired) electrons. The van der Waals surface area contributed by atoms with Crippen LogP contribution >= 0.6 is 0 Å². The van der Waals surface area contributed by atoms with Crippen LogP contribution in [0.15, 0.2) is 35.5 Å². The van der Waals surface area contributed by atoms with Crippen molar-refractivity contribution in [2.24, 2.45) is 0 Å². The van der Waals surface area contributed by atoms with E-state index in [-0.39, 0.29) is 0 Å². The van der Waals surface area contributed by atoms with Crippen LogP contribution in [0.2, 0.25) is 0 Å². The number of carbonyl (C=O) groups excluding carboxylic acids is 2. The van der Waals surface area contributed by atoms with Gasteiger partial charge >= 0.3 is 0 Å². The van der Waals surface area contributed by atoms with Crippen LogP contribution in [0.25, 0.3) is 0 Å². The molecule has 0 bridgehead atoms. The van der Waals surface area contributed by atoms with Crippen molar-refractivity contribution in [2.75, 3.05) is 7.11 Å². The number of imide groups is 1. The smallest absolute Gasteiger partial charge is 0.266 e. The maximum absolute atomic E-state index is 11.7.